The van der Waals surface area contributed by atoms with Gasteiger partial charge in [-0.05, 0) is 37.5 Å². The largest absolute Gasteiger partial charge is 0.389 e. The van der Waals surface area contributed by atoms with Crippen LogP contribution in [0.2, 0.25) is 0 Å². The van der Waals surface area contributed by atoms with Gasteiger partial charge in [-0.1, -0.05) is 20.3 Å². The third kappa shape index (κ3) is 4.10. The Kier molecular flexibility index (Phi) is 5.09. The molecule has 2 N–H and O–H groups in total. The topological polar surface area (TPSA) is 45.1 Å². The molecule has 3 nitrogen and oxygen atoms in total. The molecule has 0 saturated carbocycles. The number of pyridine rings is 1. The highest BCUT2D eigenvalue weighted by Gasteiger charge is 2.27. The lowest BCUT2D eigenvalue weighted by molar-refractivity contribution is 0.00365. The maximum absolute atomic E-state index is 10.3. The molecule has 0 aliphatic rings. The van der Waals surface area contributed by atoms with E-state index in [0.29, 0.717) is 12.5 Å². The fourth-order valence-corrected chi connectivity index (χ4v) is 1.74. The monoisotopic (exact) mass is 236 g/mol. The molecule has 3 unspecified atom stereocenters. The first-order valence-corrected chi connectivity index (χ1v) is 6.33. The summed E-state index contributed by atoms with van der Waals surface area (Å²) in [7, 11) is 0. The van der Waals surface area contributed by atoms with Crippen molar-refractivity contribution in [3.63, 3.8) is 0 Å². The Bertz CT molecular complexity index is 324. The van der Waals surface area contributed by atoms with Crippen LogP contribution in [0, 0.1) is 5.92 Å². The Morgan fingerprint density at radius 3 is 2.47 bits per heavy atom. The third-order valence-corrected chi connectivity index (χ3v) is 3.65. The zero-order chi connectivity index (χ0) is 12.9. The summed E-state index contributed by atoms with van der Waals surface area (Å²) in [6, 6.07) is 4.22. The van der Waals surface area contributed by atoms with Gasteiger partial charge in [-0.3, -0.25) is 4.98 Å². The second kappa shape index (κ2) is 6.12. The molecule has 0 amide bonds. The number of nitrogens with zero attached hydrogens (tertiary/aromatic N) is 1. The smallest absolute Gasteiger partial charge is 0.0769 e. The first-order chi connectivity index (χ1) is 7.97. The highest BCUT2D eigenvalue weighted by molar-refractivity contribution is 5.14. The summed E-state index contributed by atoms with van der Waals surface area (Å²) in [5.74, 6) is 0.291. The average Bonchev–Trinajstić information content (AvgIpc) is 2.36. The fraction of sp³-hybridized carbons (Fsp3) is 0.643. The van der Waals surface area contributed by atoms with E-state index in [-0.39, 0.29) is 6.04 Å². The zero-order valence-electron chi connectivity index (χ0n) is 11.3. The van der Waals surface area contributed by atoms with E-state index >= 15 is 0 Å². The van der Waals surface area contributed by atoms with Crippen molar-refractivity contribution in [1.82, 2.24) is 10.3 Å². The van der Waals surface area contributed by atoms with E-state index < -0.39 is 5.60 Å². The van der Waals surface area contributed by atoms with Gasteiger partial charge in [0, 0.05) is 25.0 Å². The van der Waals surface area contributed by atoms with Crippen LogP contribution < -0.4 is 5.32 Å². The minimum Gasteiger partial charge on any atom is -0.389 e. The van der Waals surface area contributed by atoms with Gasteiger partial charge in [0.15, 0.2) is 0 Å². The number of aliphatic hydroxyl groups is 1. The lowest BCUT2D eigenvalue weighted by Crippen LogP contribution is -2.43. The Balaban J connectivity index is 2.51. The SMILES string of the molecule is CCC(C)C(C)(O)CNC(C)c1ccncc1. The second-order valence-electron chi connectivity index (χ2n) is 5.05. The van der Waals surface area contributed by atoms with E-state index in [1.807, 2.05) is 19.1 Å². The molecule has 1 aromatic heterocycles. The maximum Gasteiger partial charge on any atom is 0.0769 e. The molecule has 3 atom stereocenters. The van der Waals surface area contributed by atoms with E-state index in [1.54, 1.807) is 12.4 Å². The van der Waals surface area contributed by atoms with Crippen molar-refractivity contribution in [2.45, 2.75) is 45.8 Å². The average molecular weight is 236 g/mol. The predicted molar refractivity (Wildman–Crippen MR) is 70.7 cm³/mol. The Morgan fingerprint density at radius 1 is 1.35 bits per heavy atom. The highest BCUT2D eigenvalue weighted by atomic mass is 16.3. The maximum atomic E-state index is 10.3. The van der Waals surface area contributed by atoms with E-state index in [9.17, 15) is 5.11 Å². The molecule has 0 aliphatic carbocycles. The summed E-state index contributed by atoms with van der Waals surface area (Å²) in [6.07, 6.45) is 4.57. The standard InChI is InChI=1S/C14H24N2O/c1-5-11(2)14(4,17)10-16-12(3)13-6-8-15-9-7-13/h6-9,11-12,16-17H,5,10H2,1-4H3. The molecule has 0 spiro atoms. The molecule has 0 aliphatic heterocycles. The van der Waals surface area contributed by atoms with Gasteiger partial charge in [0.2, 0.25) is 0 Å². The van der Waals surface area contributed by atoms with Gasteiger partial charge < -0.3 is 10.4 Å². The van der Waals surface area contributed by atoms with Gasteiger partial charge in [-0.15, -0.1) is 0 Å². The van der Waals surface area contributed by atoms with E-state index in [0.717, 1.165) is 6.42 Å². The molecular weight excluding hydrogens is 212 g/mol. The first-order valence-electron chi connectivity index (χ1n) is 6.33. The summed E-state index contributed by atoms with van der Waals surface area (Å²) >= 11 is 0. The molecule has 3 heteroatoms. The van der Waals surface area contributed by atoms with Gasteiger partial charge in [0.25, 0.3) is 0 Å². The Hall–Kier alpha value is -0.930. The molecule has 0 saturated heterocycles. The lowest BCUT2D eigenvalue weighted by Gasteiger charge is -2.31. The van der Waals surface area contributed by atoms with Crippen LogP contribution >= 0.6 is 0 Å². The first kappa shape index (κ1) is 14.1. The molecule has 0 bridgehead atoms. The van der Waals surface area contributed by atoms with E-state index in [1.165, 1.54) is 5.56 Å². The van der Waals surface area contributed by atoms with Crippen molar-refractivity contribution in [3.8, 4) is 0 Å². The summed E-state index contributed by atoms with van der Waals surface area (Å²) in [6.45, 7) is 8.78. The number of hydrogen-bond donors (Lipinski definition) is 2. The van der Waals surface area contributed by atoms with Gasteiger partial charge in [-0.25, -0.2) is 0 Å². The van der Waals surface area contributed by atoms with Crippen LogP contribution in [0.5, 0.6) is 0 Å². The number of hydrogen-bond acceptors (Lipinski definition) is 3. The minimum atomic E-state index is -0.657. The van der Waals surface area contributed by atoms with Crippen molar-refractivity contribution < 1.29 is 5.11 Å². The van der Waals surface area contributed by atoms with Gasteiger partial charge in [-0.2, -0.15) is 0 Å². The predicted octanol–water partition coefficient (Wildman–Crippen LogP) is 2.53. The lowest BCUT2D eigenvalue weighted by atomic mass is 9.88. The molecular formula is C14H24N2O. The van der Waals surface area contributed by atoms with Crippen molar-refractivity contribution in [1.29, 1.82) is 0 Å². The zero-order valence-corrected chi connectivity index (χ0v) is 11.3. The van der Waals surface area contributed by atoms with Crippen LogP contribution in [0.25, 0.3) is 0 Å². The number of aromatic nitrogens is 1. The molecule has 0 fully saturated rings. The molecule has 0 radical (unpaired) electrons. The Labute approximate surface area is 104 Å². The van der Waals surface area contributed by atoms with Gasteiger partial charge in [0.05, 0.1) is 5.60 Å². The fourth-order valence-electron chi connectivity index (χ4n) is 1.74. The quantitative estimate of drug-likeness (QED) is 0.798. The van der Waals surface area contributed by atoms with Crippen molar-refractivity contribution in [2.75, 3.05) is 6.54 Å². The summed E-state index contributed by atoms with van der Waals surface area (Å²) in [5, 5.41) is 13.7. The number of nitrogens with one attached hydrogen (secondary N) is 1. The molecule has 96 valence electrons. The summed E-state index contributed by atoms with van der Waals surface area (Å²) in [5.41, 5.74) is 0.538. The Morgan fingerprint density at radius 2 is 1.94 bits per heavy atom. The van der Waals surface area contributed by atoms with Crippen LogP contribution in [0.1, 0.15) is 45.7 Å². The van der Waals surface area contributed by atoms with Crippen LogP contribution in [-0.2, 0) is 0 Å². The van der Waals surface area contributed by atoms with Crippen LogP contribution in [0.4, 0.5) is 0 Å². The molecule has 1 rings (SSSR count). The third-order valence-electron chi connectivity index (χ3n) is 3.65. The van der Waals surface area contributed by atoms with Crippen LogP contribution in [0.3, 0.4) is 0 Å². The number of rotatable bonds is 6. The van der Waals surface area contributed by atoms with E-state index in [2.05, 4.69) is 31.1 Å². The molecule has 1 heterocycles. The van der Waals surface area contributed by atoms with Crippen molar-refractivity contribution in [2.24, 2.45) is 5.92 Å². The molecule has 0 aromatic carbocycles. The van der Waals surface area contributed by atoms with Gasteiger partial charge in [0.1, 0.15) is 0 Å². The normalized spacial score (nSPS) is 18.4. The van der Waals surface area contributed by atoms with Crippen LogP contribution in [-0.4, -0.2) is 22.2 Å². The van der Waals surface area contributed by atoms with Crippen molar-refractivity contribution in [3.05, 3.63) is 30.1 Å². The van der Waals surface area contributed by atoms with Gasteiger partial charge >= 0.3 is 0 Å². The second-order valence-corrected chi connectivity index (χ2v) is 5.05. The summed E-state index contributed by atoms with van der Waals surface area (Å²) < 4.78 is 0. The molecule has 17 heavy (non-hydrogen) atoms. The summed E-state index contributed by atoms with van der Waals surface area (Å²) in [4.78, 5) is 4.00. The highest BCUT2D eigenvalue weighted by Crippen LogP contribution is 2.20. The van der Waals surface area contributed by atoms with E-state index in [4.69, 9.17) is 0 Å². The van der Waals surface area contributed by atoms with Crippen LogP contribution in [0.15, 0.2) is 24.5 Å². The molecule has 1 aromatic rings. The van der Waals surface area contributed by atoms with Crippen molar-refractivity contribution >= 4 is 0 Å². The minimum absolute atomic E-state index is 0.230.